The molecule has 1 saturated heterocycles. The number of rotatable bonds is 3. The highest BCUT2D eigenvalue weighted by molar-refractivity contribution is 7.13. The van der Waals surface area contributed by atoms with E-state index in [4.69, 9.17) is 0 Å². The van der Waals surface area contributed by atoms with Crippen molar-refractivity contribution in [3.63, 3.8) is 0 Å². The molecule has 0 amide bonds. The van der Waals surface area contributed by atoms with E-state index in [1.165, 1.54) is 24.4 Å². The van der Waals surface area contributed by atoms with Crippen LogP contribution in [0.2, 0.25) is 0 Å². The first-order valence-corrected chi connectivity index (χ1v) is 7.04. The van der Waals surface area contributed by atoms with E-state index in [9.17, 15) is 0 Å². The van der Waals surface area contributed by atoms with Gasteiger partial charge in [-0.1, -0.05) is 0 Å². The van der Waals surface area contributed by atoms with E-state index in [1.54, 1.807) is 6.33 Å². The molecule has 0 bridgehead atoms. The van der Waals surface area contributed by atoms with Crippen molar-refractivity contribution < 1.29 is 0 Å². The lowest BCUT2D eigenvalue weighted by atomic mass is 10.2. The molecule has 0 saturated carbocycles. The minimum atomic E-state index is 0.576. The Kier molecular flexibility index (Phi) is 3.13. The summed E-state index contributed by atoms with van der Waals surface area (Å²) in [6, 6.07) is 0.576. The molecule has 1 unspecified atom stereocenters. The van der Waals surface area contributed by atoms with Gasteiger partial charge in [0.2, 0.25) is 0 Å². The number of fused-ring (bicyclic) bond motifs is 1. The Hall–Kier alpha value is -1.27. The maximum absolute atomic E-state index is 4.44. The molecule has 6 heteroatoms. The molecule has 96 valence electrons. The third-order valence-electron chi connectivity index (χ3n) is 3.44. The largest absolute Gasteiger partial charge is 0.357 e. The molecule has 0 aliphatic carbocycles. The monoisotopic (exact) mass is 263 g/mol. The highest BCUT2D eigenvalue weighted by atomic mass is 32.1. The summed E-state index contributed by atoms with van der Waals surface area (Å²) in [7, 11) is 2.10. The van der Waals surface area contributed by atoms with Crippen LogP contribution in [0.4, 0.5) is 5.82 Å². The minimum Gasteiger partial charge on any atom is -0.357 e. The maximum atomic E-state index is 4.44. The van der Waals surface area contributed by atoms with E-state index >= 15 is 0 Å². The molecule has 1 aliphatic heterocycles. The molecule has 2 aromatic heterocycles. The van der Waals surface area contributed by atoms with Crippen molar-refractivity contribution in [2.24, 2.45) is 0 Å². The van der Waals surface area contributed by atoms with Crippen LogP contribution in [0.3, 0.4) is 0 Å². The highest BCUT2D eigenvalue weighted by Gasteiger charge is 2.19. The van der Waals surface area contributed by atoms with Crippen LogP contribution in [0.25, 0.3) is 10.2 Å². The van der Waals surface area contributed by atoms with Crippen molar-refractivity contribution in [2.45, 2.75) is 25.8 Å². The lowest BCUT2D eigenvalue weighted by Gasteiger charge is -2.22. The standard InChI is InChI=1S/C12H17N5S/c1-8-10-11(14-7-15-12(10)18-16-8)17(2)6-9-4-3-5-13-9/h7,9,13H,3-6H2,1-2H3. The Morgan fingerprint density at radius 2 is 2.39 bits per heavy atom. The summed E-state index contributed by atoms with van der Waals surface area (Å²) in [4.78, 5) is 11.9. The number of hydrogen-bond donors (Lipinski definition) is 1. The van der Waals surface area contributed by atoms with Gasteiger partial charge in [-0.05, 0) is 37.8 Å². The Balaban J connectivity index is 1.90. The lowest BCUT2D eigenvalue weighted by Crippen LogP contribution is -2.35. The second-order valence-corrected chi connectivity index (χ2v) is 5.57. The van der Waals surface area contributed by atoms with Crippen LogP contribution < -0.4 is 10.2 Å². The highest BCUT2D eigenvalue weighted by Crippen LogP contribution is 2.28. The molecule has 1 fully saturated rings. The van der Waals surface area contributed by atoms with Gasteiger partial charge in [0, 0.05) is 19.6 Å². The zero-order chi connectivity index (χ0) is 12.5. The van der Waals surface area contributed by atoms with E-state index < -0.39 is 0 Å². The number of nitrogens with one attached hydrogen (secondary N) is 1. The van der Waals surface area contributed by atoms with Gasteiger partial charge >= 0.3 is 0 Å². The fourth-order valence-corrected chi connectivity index (χ4v) is 3.26. The molecule has 5 nitrogen and oxygen atoms in total. The van der Waals surface area contributed by atoms with Crippen molar-refractivity contribution in [3.05, 3.63) is 12.0 Å². The first-order chi connectivity index (χ1) is 8.75. The number of hydrogen-bond acceptors (Lipinski definition) is 6. The SMILES string of the molecule is Cc1nsc2ncnc(N(C)CC3CCCN3)c12. The summed E-state index contributed by atoms with van der Waals surface area (Å²) in [6.07, 6.45) is 4.16. The Labute approximate surface area is 110 Å². The molecule has 3 heterocycles. The van der Waals surface area contributed by atoms with Gasteiger partial charge in [-0.2, -0.15) is 4.37 Å². The summed E-state index contributed by atoms with van der Waals surface area (Å²) < 4.78 is 4.37. The molecule has 1 aliphatic rings. The van der Waals surface area contributed by atoms with Crippen molar-refractivity contribution in [1.29, 1.82) is 0 Å². The smallest absolute Gasteiger partial charge is 0.149 e. The van der Waals surface area contributed by atoms with Gasteiger partial charge in [0.25, 0.3) is 0 Å². The molecule has 3 rings (SSSR count). The topological polar surface area (TPSA) is 53.9 Å². The van der Waals surface area contributed by atoms with Gasteiger partial charge in [-0.25, -0.2) is 9.97 Å². The van der Waals surface area contributed by atoms with Crippen molar-refractivity contribution >= 4 is 27.6 Å². The fourth-order valence-electron chi connectivity index (χ4n) is 2.52. The number of anilines is 1. The van der Waals surface area contributed by atoms with Crippen molar-refractivity contribution in [1.82, 2.24) is 19.7 Å². The zero-order valence-corrected chi connectivity index (χ0v) is 11.5. The first kappa shape index (κ1) is 11.8. The molecule has 18 heavy (non-hydrogen) atoms. The summed E-state index contributed by atoms with van der Waals surface area (Å²) in [6.45, 7) is 4.14. The number of aromatic nitrogens is 3. The molecule has 0 radical (unpaired) electrons. The summed E-state index contributed by atoms with van der Waals surface area (Å²) in [5, 5.41) is 4.62. The number of likely N-dealkylation sites (N-methyl/N-ethyl adjacent to an activating group) is 1. The number of aryl methyl sites for hydroxylation is 1. The third kappa shape index (κ3) is 2.06. The Morgan fingerprint density at radius 3 is 3.17 bits per heavy atom. The summed E-state index contributed by atoms with van der Waals surface area (Å²) in [5.41, 5.74) is 1.02. The lowest BCUT2D eigenvalue weighted by molar-refractivity contribution is 0.598. The molecular formula is C12H17N5S. The average Bonchev–Trinajstić information content (AvgIpc) is 2.99. The van der Waals surface area contributed by atoms with E-state index in [1.807, 2.05) is 6.92 Å². The normalized spacial score (nSPS) is 19.6. The Bertz CT molecular complexity index is 546. The van der Waals surface area contributed by atoms with Gasteiger partial charge in [0.05, 0.1) is 11.1 Å². The van der Waals surface area contributed by atoms with Gasteiger partial charge < -0.3 is 10.2 Å². The molecule has 1 atom stereocenters. The first-order valence-electron chi connectivity index (χ1n) is 6.27. The molecule has 2 aromatic rings. The van der Waals surface area contributed by atoms with Gasteiger partial charge in [0.1, 0.15) is 17.0 Å². The second kappa shape index (κ2) is 4.78. The van der Waals surface area contributed by atoms with Crippen LogP contribution in [0.15, 0.2) is 6.33 Å². The van der Waals surface area contributed by atoms with Crippen LogP contribution in [-0.2, 0) is 0 Å². The summed E-state index contributed by atoms with van der Waals surface area (Å²) in [5.74, 6) is 1.000. The molecule has 0 aromatic carbocycles. The summed E-state index contributed by atoms with van der Waals surface area (Å²) >= 11 is 1.44. The van der Waals surface area contributed by atoms with Crippen LogP contribution in [0.5, 0.6) is 0 Å². The minimum absolute atomic E-state index is 0.576. The molecule has 1 N–H and O–H groups in total. The van der Waals surface area contributed by atoms with E-state index in [0.717, 1.165) is 34.8 Å². The van der Waals surface area contributed by atoms with Gasteiger partial charge in [-0.3, -0.25) is 0 Å². The molecular weight excluding hydrogens is 246 g/mol. The van der Waals surface area contributed by atoms with Gasteiger partial charge in [0.15, 0.2) is 0 Å². The van der Waals surface area contributed by atoms with Crippen LogP contribution in [0.1, 0.15) is 18.5 Å². The molecule has 0 spiro atoms. The predicted octanol–water partition coefficient (Wildman–Crippen LogP) is 1.58. The van der Waals surface area contributed by atoms with E-state index in [2.05, 4.69) is 31.6 Å². The van der Waals surface area contributed by atoms with Crippen LogP contribution in [-0.4, -0.2) is 40.5 Å². The average molecular weight is 263 g/mol. The van der Waals surface area contributed by atoms with E-state index in [0.29, 0.717) is 6.04 Å². The zero-order valence-electron chi connectivity index (χ0n) is 10.7. The van der Waals surface area contributed by atoms with Crippen molar-refractivity contribution in [3.8, 4) is 0 Å². The Morgan fingerprint density at radius 1 is 1.50 bits per heavy atom. The number of nitrogens with zero attached hydrogens (tertiary/aromatic N) is 4. The van der Waals surface area contributed by atoms with Gasteiger partial charge in [-0.15, -0.1) is 0 Å². The fraction of sp³-hybridized carbons (Fsp3) is 0.583. The van der Waals surface area contributed by atoms with E-state index in [-0.39, 0.29) is 0 Å². The van der Waals surface area contributed by atoms with Crippen molar-refractivity contribution in [2.75, 3.05) is 25.0 Å². The maximum Gasteiger partial charge on any atom is 0.149 e. The predicted molar refractivity (Wildman–Crippen MR) is 74.2 cm³/mol. The quantitative estimate of drug-likeness (QED) is 0.911. The van der Waals surface area contributed by atoms with Crippen LogP contribution in [0, 0.1) is 6.92 Å². The second-order valence-electron chi connectivity index (χ2n) is 4.82. The third-order valence-corrected chi connectivity index (χ3v) is 4.29. The van der Waals surface area contributed by atoms with Crippen LogP contribution >= 0.6 is 11.5 Å².